The average Bonchev–Trinajstić information content (AvgIpc) is 3.15. The number of benzene rings is 6. The second kappa shape index (κ2) is 12.2. The Morgan fingerprint density at radius 1 is 0.478 bits per heavy atom. The molecule has 1 aliphatic heterocycles. The van der Waals surface area contributed by atoms with Crippen LogP contribution in [0.25, 0.3) is 66.9 Å². The quantitative estimate of drug-likeness (QED) is 0.193. The third-order valence-corrected chi connectivity index (χ3v) is 8.72. The van der Waals surface area contributed by atoms with Crippen molar-refractivity contribution >= 4 is 17.0 Å². The molecule has 0 bridgehead atoms. The van der Waals surface area contributed by atoms with E-state index >= 15 is 0 Å². The van der Waals surface area contributed by atoms with Crippen LogP contribution in [-0.4, -0.2) is 16.2 Å². The molecule has 0 saturated heterocycles. The van der Waals surface area contributed by atoms with E-state index in [1.54, 1.807) is 0 Å². The van der Waals surface area contributed by atoms with Crippen LogP contribution in [0.1, 0.15) is 17.9 Å². The molecule has 218 valence electrons. The summed E-state index contributed by atoms with van der Waals surface area (Å²) in [5, 5.41) is 2.48. The molecule has 0 aliphatic carbocycles. The lowest BCUT2D eigenvalue weighted by atomic mass is 9.94. The highest BCUT2D eigenvalue weighted by molar-refractivity contribution is 5.96. The number of allylic oxidation sites excluding steroid dienone is 1. The van der Waals surface area contributed by atoms with Crippen LogP contribution in [0.2, 0.25) is 0 Å². The van der Waals surface area contributed by atoms with Crippen LogP contribution < -0.4 is 0 Å². The molecule has 0 amide bonds. The number of hydrogen-bond donors (Lipinski definition) is 0. The molecule has 8 rings (SSSR count). The molecule has 1 unspecified atom stereocenters. The summed E-state index contributed by atoms with van der Waals surface area (Å²) < 4.78 is 0. The largest absolute Gasteiger partial charge is 0.269 e. The van der Waals surface area contributed by atoms with Gasteiger partial charge in [-0.25, -0.2) is 9.97 Å². The van der Waals surface area contributed by atoms with Crippen molar-refractivity contribution in [3.63, 3.8) is 0 Å². The topological polar surface area (TPSA) is 38.1 Å². The SMILES string of the molecule is C1=CN=CC(c2ccc(-c3cc(-c4cccc(-c5ccccc5)c4)nc(-c4ccc(-c5cccc6ccccc56)cc4)n3)cc2)C1. The van der Waals surface area contributed by atoms with E-state index in [1.807, 2.05) is 18.5 Å². The molecule has 7 aromatic rings. The molecule has 0 N–H and O–H groups in total. The fraction of sp³-hybridized carbons (Fsp3) is 0.0465. The first-order chi connectivity index (χ1) is 22.8. The van der Waals surface area contributed by atoms with Crippen molar-refractivity contribution in [2.24, 2.45) is 4.99 Å². The maximum atomic E-state index is 5.14. The van der Waals surface area contributed by atoms with Crippen LogP contribution in [0.4, 0.5) is 0 Å². The summed E-state index contributed by atoms with van der Waals surface area (Å²) in [6.45, 7) is 0. The maximum Gasteiger partial charge on any atom is 0.160 e. The smallest absolute Gasteiger partial charge is 0.160 e. The van der Waals surface area contributed by atoms with Crippen LogP contribution in [0.15, 0.2) is 169 Å². The molecular formula is C43H31N3. The van der Waals surface area contributed by atoms with Crippen molar-refractivity contribution in [2.75, 3.05) is 0 Å². The number of fused-ring (bicyclic) bond motifs is 1. The summed E-state index contributed by atoms with van der Waals surface area (Å²) >= 11 is 0. The van der Waals surface area contributed by atoms with Crippen LogP contribution in [0.3, 0.4) is 0 Å². The predicted octanol–water partition coefficient (Wildman–Crippen LogP) is 11.0. The summed E-state index contributed by atoms with van der Waals surface area (Å²) in [5.41, 5.74) is 10.9. The zero-order valence-corrected chi connectivity index (χ0v) is 25.3. The van der Waals surface area contributed by atoms with Crippen LogP contribution in [0, 0.1) is 0 Å². The van der Waals surface area contributed by atoms with Crippen LogP contribution in [0.5, 0.6) is 0 Å². The molecule has 0 saturated carbocycles. The standard InChI is InChI=1S/C43H31N3/c1-2-9-30(10-3-1)36-13-6-14-37(27-36)42-28-41(34-22-18-31(19-23-34)38-15-8-26-44-29-38)45-43(46-42)35-24-20-33(21-25-35)40-17-7-12-32-11-4-5-16-39(32)40/h1-14,16-29,38H,15H2. The van der Waals surface area contributed by atoms with Gasteiger partial charge in [-0.2, -0.15) is 0 Å². The van der Waals surface area contributed by atoms with Gasteiger partial charge in [0.05, 0.1) is 11.4 Å². The minimum absolute atomic E-state index is 0.302. The van der Waals surface area contributed by atoms with Crippen molar-refractivity contribution in [1.29, 1.82) is 0 Å². The summed E-state index contributed by atoms with van der Waals surface area (Å²) in [6.07, 6.45) is 6.99. The maximum absolute atomic E-state index is 5.14. The van der Waals surface area contributed by atoms with Gasteiger partial charge < -0.3 is 0 Å². The lowest BCUT2D eigenvalue weighted by molar-refractivity contribution is 0.909. The third-order valence-electron chi connectivity index (χ3n) is 8.72. The van der Waals surface area contributed by atoms with Gasteiger partial charge >= 0.3 is 0 Å². The van der Waals surface area contributed by atoms with Gasteiger partial charge in [-0.1, -0.05) is 146 Å². The molecule has 1 atom stereocenters. The lowest BCUT2D eigenvalue weighted by Gasteiger charge is -2.14. The molecule has 2 heterocycles. The molecule has 1 aliphatic rings. The number of aliphatic imine (C=N–C) groups is 1. The van der Waals surface area contributed by atoms with E-state index in [4.69, 9.17) is 9.97 Å². The molecule has 0 spiro atoms. The Labute approximate surface area is 269 Å². The average molecular weight is 590 g/mol. The first kappa shape index (κ1) is 27.6. The molecule has 3 nitrogen and oxygen atoms in total. The van der Waals surface area contributed by atoms with Crippen molar-refractivity contribution in [2.45, 2.75) is 12.3 Å². The summed E-state index contributed by atoms with van der Waals surface area (Å²) in [6, 6.07) is 53.5. The molecule has 0 radical (unpaired) electrons. The first-order valence-electron chi connectivity index (χ1n) is 15.7. The van der Waals surface area contributed by atoms with E-state index in [9.17, 15) is 0 Å². The molecular weight excluding hydrogens is 558 g/mol. The highest BCUT2D eigenvalue weighted by atomic mass is 14.9. The van der Waals surface area contributed by atoms with Gasteiger partial charge in [0.25, 0.3) is 0 Å². The zero-order chi connectivity index (χ0) is 30.7. The predicted molar refractivity (Wildman–Crippen MR) is 192 cm³/mol. The Balaban J connectivity index is 1.21. The van der Waals surface area contributed by atoms with E-state index in [0.29, 0.717) is 11.7 Å². The van der Waals surface area contributed by atoms with Crippen molar-refractivity contribution in [3.05, 3.63) is 169 Å². The Morgan fingerprint density at radius 2 is 1.13 bits per heavy atom. The summed E-state index contributed by atoms with van der Waals surface area (Å²) in [7, 11) is 0. The number of rotatable bonds is 6. The minimum atomic E-state index is 0.302. The molecule has 6 aromatic carbocycles. The zero-order valence-electron chi connectivity index (χ0n) is 25.3. The lowest BCUT2D eigenvalue weighted by Crippen LogP contribution is -2.01. The van der Waals surface area contributed by atoms with E-state index in [1.165, 1.54) is 33.0 Å². The Bertz CT molecular complexity index is 2210. The molecule has 3 heteroatoms. The highest BCUT2D eigenvalue weighted by Gasteiger charge is 2.14. The molecule has 0 fully saturated rings. The van der Waals surface area contributed by atoms with E-state index < -0.39 is 0 Å². The van der Waals surface area contributed by atoms with Gasteiger partial charge in [0, 0.05) is 35.0 Å². The normalized spacial score (nSPS) is 14.0. The van der Waals surface area contributed by atoms with Gasteiger partial charge in [-0.15, -0.1) is 0 Å². The van der Waals surface area contributed by atoms with Gasteiger partial charge in [-0.05, 0) is 57.1 Å². The van der Waals surface area contributed by atoms with E-state index in [0.717, 1.165) is 40.1 Å². The first-order valence-corrected chi connectivity index (χ1v) is 15.7. The number of nitrogens with zero attached hydrogens (tertiary/aromatic N) is 3. The van der Waals surface area contributed by atoms with Gasteiger partial charge in [-0.3, -0.25) is 4.99 Å². The van der Waals surface area contributed by atoms with Gasteiger partial charge in [0.1, 0.15) is 0 Å². The van der Waals surface area contributed by atoms with Gasteiger partial charge in [0.15, 0.2) is 5.82 Å². The van der Waals surface area contributed by atoms with E-state index in [2.05, 4.69) is 157 Å². The Hall–Kier alpha value is -5.93. The van der Waals surface area contributed by atoms with Crippen molar-refractivity contribution < 1.29 is 0 Å². The highest BCUT2D eigenvalue weighted by Crippen LogP contribution is 2.33. The fourth-order valence-corrected chi connectivity index (χ4v) is 6.24. The summed E-state index contributed by atoms with van der Waals surface area (Å²) in [4.78, 5) is 14.6. The Kier molecular flexibility index (Phi) is 7.33. The second-order valence-corrected chi connectivity index (χ2v) is 11.7. The number of hydrogen-bond acceptors (Lipinski definition) is 3. The van der Waals surface area contributed by atoms with Crippen molar-refractivity contribution in [3.8, 4) is 56.2 Å². The van der Waals surface area contributed by atoms with E-state index in [-0.39, 0.29) is 0 Å². The van der Waals surface area contributed by atoms with Crippen LogP contribution in [-0.2, 0) is 0 Å². The second-order valence-electron chi connectivity index (χ2n) is 11.7. The summed E-state index contributed by atoms with van der Waals surface area (Å²) in [5.74, 6) is 1.01. The van der Waals surface area contributed by atoms with Gasteiger partial charge in [0.2, 0.25) is 0 Å². The Morgan fingerprint density at radius 3 is 1.93 bits per heavy atom. The number of aromatic nitrogens is 2. The fourth-order valence-electron chi connectivity index (χ4n) is 6.24. The minimum Gasteiger partial charge on any atom is -0.269 e. The molecule has 1 aromatic heterocycles. The third kappa shape index (κ3) is 5.55. The van der Waals surface area contributed by atoms with Crippen molar-refractivity contribution in [1.82, 2.24) is 9.97 Å². The molecule has 46 heavy (non-hydrogen) atoms. The van der Waals surface area contributed by atoms with Crippen LogP contribution >= 0.6 is 0 Å². The monoisotopic (exact) mass is 589 g/mol.